The van der Waals surface area contributed by atoms with E-state index in [1.54, 1.807) is 0 Å². The first kappa shape index (κ1) is 17.4. The molecule has 4 atom stereocenters. The summed E-state index contributed by atoms with van der Waals surface area (Å²) >= 11 is 0. The van der Waals surface area contributed by atoms with E-state index >= 15 is 0 Å². The first-order chi connectivity index (χ1) is 7.02. The summed E-state index contributed by atoms with van der Waals surface area (Å²) in [6.45, 7) is 17.2. The van der Waals surface area contributed by atoms with Crippen molar-refractivity contribution in [2.24, 2.45) is 11.8 Å². The molecule has 0 aromatic carbocycles. The molecule has 1 rings (SSSR count). The summed E-state index contributed by atoms with van der Waals surface area (Å²) in [5, 5.41) is 0. The van der Waals surface area contributed by atoms with Crippen LogP contribution in [-0.4, -0.2) is 12.2 Å². The highest BCUT2D eigenvalue weighted by Crippen LogP contribution is 2.29. The smallest absolute Gasteiger partial charge is 0.0578 e. The quantitative estimate of drug-likeness (QED) is 0.559. The number of hydrogen-bond acceptors (Lipinski definition) is 1. The second-order valence-electron chi connectivity index (χ2n) is 4.43. The van der Waals surface area contributed by atoms with Crippen LogP contribution >= 0.6 is 0 Å². The van der Waals surface area contributed by atoms with Crippen molar-refractivity contribution in [2.75, 3.05) is 0 Å². The lowest BCUT2D eigenvalue weighted by molar-refractivity contribution is -0.0828. The van der Waals surface area contributed by atoms with E-state index in [1.165, 1.54) is 12.8 Å². The SMILES string of the molecule is CC.CC1CC(C)C(C)C(C)O1.CCC. The maximum absolute atomic E-state index is 5.67. The summed E-state index contributed by atoms with van der Waals surface area (Å²) in [6.07, 6.45) is 3.41. The molecule has 0 spiro atoms. The van der Waals surface area contributed by atoms with E-state index in [4.69, 9.17) is 4.74 Å². The van der Waals surface area contributed by atoms with Crippen LogP contribution in [0.5, 0.6) is 0 Å². The van der Waals surface area contributed by atoms with Crippen LogP contribution in [0, 0.1) is 11.8 Å². The van der Waals surface area contributed by atoms with Gasteiger partial charge in [0.2, 0.25) is 0 Å². The lowest BCUT2D eigenvalue weighted by Gasteiger charge is -2.35. The van der Waals surface area contributed by atoms with Crippen molar-refractivity contribution in [2.45, 2.75) is 80.4 Å². The Hall–Kier alpha value is -0.0400. The molecular formula is C14H32O. The zero-order chi connectivity index (χ0) is 12.4. The van der Waals surface area contributed by atoms with Crippen molar-refractivity contribution in [3.05, 3.63) is 0 Å². The van der Waals surface area contributed by atoms with Gasteiger partial charge in [-0.25, -0.2) is 0 Å². The van der Waals surface area contributed by atoms with Crippen LogP contribution in [0.2, 0.25) is 0 Å². The molecule has 0 saturated carbocycles. The van der Waals surface area contributed by atoms with Crippen LogP contribution < -0.4 is 0 Å². The predicted octanol–water partition coefficient (Wildman–Crippen LogP) is 4.90. The molecule has 0 bridgehead atoms. The van der Waals surface area contributed by atoms with E-state index in [-0.39, 0.29) is 0 Å². The van der Waals surface area contributed by atoms with Crippen molar-refractivity contribution in [3.8, 4) is 0 Å². The van der Waals surface area contributed by atoms with Crippen LogP contribution in [-0.2, 0) is 4.74 Å². The number of rotatable bonds is 0. The molecule has 0 aliphatic carbocycles. The second-order valence-corrected chi connectivity index (χ2v) is 4.43. The third kappa shape index (κ3) is 7.84. The Kier molecular flexibility index (Phi) is 12.1. The minimum atomic E-state index is 0.457. The Bertz CT molecular complexity index is 111. The molecular weight excluding hydrogens is 184 g/mol. The molecule has 1 saturated heterocycles. The Morgan fingerprint density at radius 2 is 1.40 bits per heavy atom. The van der Waals surface area contributed by atoms with Crippen molar-refractivity contribution in [1.29, 1.82) is 0 Å². The molecule has 0 N–H and O–H groups in total. The lowest BCUT2D eigenvalue weighted by Crippen LogP contribution is -2.35. The van der Waals surface area contributed by atoms with Gasteiger partial charge in [0.1, 0.15) is 0 Å². The van der Waals surface area contributed by atoms with Gasteiger partial charge in [-0.2, -0.15) is 0 Å². The molecule has 1 fully saturated rings. The molecule has 1 aliphatic heterocycles. The third-order valence-electron chi connectivity index (χ3n) is 2.79. The third-order valence-corrected chi connectivity index (χ3v) is 2.79. The standard InChI is InChI=1S/C9H18O.C3H8.C2H6/c1-6-5-7(2)10-9(4)8(6)3;1-3-2;1-2/h6-9H,5H2,1-4H3;3H2,1-2H3;1-2H3. The van der Waals surface area contributed by atoms with Crippen LogP contribution in [0.25, 0.3) is 0 Å². The van der Waals surface area contributed by atoms with Gasteiger partial charge in [0.15, 0.2) is 0 Å². The van der Waals surface area contributed by atoms with E-state index in [2.05, 4.69) is 41.5 Å². The van der Waals surface area contributed by atoms with Crippen LogP contribution in [0.1, 0.15) is 68.2 Å². The van der Waals surface area contributed by atoms with Crippen molar-refractivity contribution < 1.29 is 4.74 Å². The van der Waals surface area contributed by atoms with Gasteiger partial charge in [-0.05, 0) is 32.1 Å². The zero-order valence-electron chi connectivity index (χ0n) is 12.1. The van der Waals surface area contributed by atoms with E-state index in [0.29, 0.717) is 12.2 Å². The highest BCUT2D eigenvalue weighted by atomic mass is 16.5. The lowest BCUT2D eigenvalue weighted by atomic mass is 9.85. The fraction of sp³-hybridized carbons (Fsp3) is 1.00. The summed E-state index contributed by atoms with van der Waals surface area (Å²) in [5.74, 6) is 1.56. The summed E-state index contributed by atoms with van der Waals surface area (Å²) in [6, 6.07) is 0. The van der Waals surface area contributed by atoms with E-state index in [1.807, 2.05) is 13.8 Å². The highest BCUT2D eigenvalue weighted by Gasteiger charge is 2.27. The summed E-state index contributed by atoms with van der Waals surface area (Å²) in [4.78, 5) is 0. The zero-order valence-corrected chi connectivity index (χ0v) is 12.1. The van der Waals surface area contributed by atoms with Crippen molar-refractivity contribution in [3.63, 3.8) is 0 Å². The molecule has 0 aromatic heterocycles. The fourth-order valence-corrected chi connectivity index (χ4v) is 1.75. The largest absolute Gasteiger partial charge is 0.375 e. The molecule has 1 heterocycles. The minimum Gasteiger partial charge on any atom is -0.375 e. The van der Waals surface area contributed by atoms with Crippen LogP contribution in [0.4, 0.5) is 0 Å². The summed E-state index contributed by atoms with van der Waals surface area (Å²) in [7, 11) is 0. The average Bonchev–Trinajstić information content (AvgIpc) is 2.18. The molecule has 0 radical (unpaired) electrons. The van der Waals surface area contributed by atoms with Gasteiger partial charge < -0.3 is 4.74 Å². The van der Waals surface area contributed by atoms with Crippen LogP contribution in [0.15, 0.2) is 0 Å². The summed E-state index contributed by atoms with van der Waals surface area (Å²) < 4.78 is 5.67. The molecule has 1 heteroatoms. The monoisotopic (exact) mass is 216 g/mol. The van der Waals surface area contributed by atoms with Gasteiger partial charge in [-0.3, -0.25) is 0 Å². The van der Waals surface area contributed by atoms with Gasteiger partial charge in [0.25, 0.3) is 0 Å². The molecule has 94 valence electrons. The Morgan fingerprint density at radius 1 is 1.00 bits per heavy atom. The Morgan fingerprint density at radius 3 is 1.73 bits per heavy atom. The molecule has 1 nitrogen and oxygen atoms in total. The van der Waals surface area contributed by atoms with Gasteiger partial charge in [0, 0.05) is 0 Å². The number of hydrogen-bond donors (Lipinski definition) is 0. The molecule has 0 amide bonds. The second kappa shape index (κ2) is 10.5. The van der Waals surface area contributed by atoms with Gasteiger partial charge >= 0.3 is 0 Å². The van der Waals surface area contributed by atoms with Gasteiger partial charge in [-0.15, -0.1) is 0 Å². The van der Waals surface area contributed by atoms with Crippen LogP contribution in [0.3, 0.4) is 0 Å². The maximum atomic E-state index is 5.67. The predicted molar refractivity (Wildman–Crippen MR) is 70.3 cm³/mol. The molecule has 4 unspecified atom stereocenters. The molecule has 1 aliphatic rings. The summed E-state index contributed by atoms with van der Waals surface area (Å²) in [5.41, 5.74) is 0. The van der Waals surface area contributed by atoms with Crippen molar-refractivity contribution >= 4 is 0 Å². The highest BCUT2D eigenvalue weighted by molar-refractivity contribution is 4.76. The Labute approximate surface area is 97.6 Å². The average molecular weight is 216 g/mol. The first-order valence-corrected chi connectivity index (χ1v) is 6.68. The van der Waals surface area contributed by atoms with E-state index < -0.39 is 0 Å². The molecule has 15 heavy (non-hydrogen) atoms. The van der Waals surface area contributed by atoms with Gasteiger partial charge in [0.05, 0.1) is 12.2 Å². The Balaban J connectivity index is 0. The first-order valence-electron chi connectivity index (χ1n) is 6.68. The topological polar surface area (TPSA) is 9.23 Å². The van der Waals surface area contributed by atoms with E-state index in [9.17, 15) is 0 Å². The van der Waals surface area contributed by atoms with Gasteiger partial charge in [-0.1, -0.05) is 48.0 Å². The van der Waals surface area contributed by atoms with E-state index in [0.717, 1.165) is 11.8 Å². The minimum absolute atomic E-state index is 0.457. The maximum Gasteiger partial charge on any atom is 0.0578 e. The van der Waals surface area contributed by atoms with Crippen molar-refractivity contribution in [1.82, 2.24) is 0 Å². The normalized spacial score (nSPS) is 34.4. The molecule has 0 aromatic rings. The fourth-order valence-electron chi connectivity index (χ4n) is 1.75. The number of ether oxygens (including phenoxy) is 1.